The van der Waals surface area contributed by atoms with Crippen LogP contribution in [0.3, 0.4) is 0 Å². The van der Waals surface area contributed by atoms with Gasteiger partial charge in [0, 0.05) is 37.0 Å². The molecule has 1 aliphatic heterocycles. The highest BCUT2D eigenvalue weighted by atomic mass is 32.1. The molecule has 1 aliphatic carbocycles. The number of amides is 2. The molecule has 2 amide bonds. The van der Waals surface area contributed by atoms with Gasteiger partial charge in [0.25, 0.3) is 0 Å². The third-order valence-electron chi connectivity index (χ3n) is 3.61. The van der Waals surface area contributed by atoms with Crippen LogP contribution in [0, 0.1) is 0 Å². The molecule has 2 heterocycles. The zero-order valence-electron chi connectivity index (χ0n) is 10.7. The monoisotopic (exact) mass is 279 g/mol. The highest BCUT2D eigenvalue weighted by Gasteiger charge is 2.37. The summed E-state index contributed by atoms with van der Waals surface area (Å²) in [6.45, 7) is 0.712. The van der Waals surface area contributed by atoms with Gasteiger partial charge in [-0.05, 0) is 19.3 Å². The number of thiazole rings is 1. The molecule has 1 N–H and O–H groups in total. The van der Waals surface area contributed by atoms with Crippen LogP contribution in [-0.2, 0) is 16.0 Å². The largest absolute Gasteiger partial charge is 0.344 e. The lowest BCUT2D eigenvalue weighted by molar-refractivity contribution is -0.134. The van der Waals surface area contributed by atoms with Crippen LogP contribution in [0.1, 0.15) is 30.7 Å². The Bertz CT molecular complexity index is 470. The van der Waals surface area contributed by atoms with Gasteiger partial charge in [0.05, 0.1) is 5.01 Å². The van der Waals surface area contributed by atoms with E-state index in [0.717, 1.165) is 24.3 Å². The first kappa shape index (κ1) is 12.6. The van der Waals surface area contributed by atoms with Crippen molar-refractivity contribution < 1.29 is 9.59 Å². The number of hydrogen-bond donors (Lipinski definition) is 1. The summed E-state index contributed by atoms with van der Waals surface area (Å²) >= 11 is 1.62. The Balaban J connectivity index is 1.60. The standard InChI is InChI=1S/C13H17N3O2S/c17-11-4-3-10(15-11)13(18)16(9-1-2-9)7-5-12-14-6-8-19-12/h6,8-10H,1-5,7H2,(H,15,17). The van der Waals surface area contributed by atoms with Gasteiger partial charge in [-0.25, -0.2) is 4.98 Å². The van der Waals surface area contributed by atoms with E-state index in [-0.39, 0.29) is 17.9 Å². The van der Waals surface area contributed by atoms with Crippen molar-refractivity contribution in [3.05, 3.63) is 16.6 Å². The Morgan fingerprint density at radius 3 is 2.89 bits per heavy atom. The van der Waals surface area contributed by atoms with Crippen LogP contribution in [0.2, 0.25) is 0 Å². The summed E-state index contributed by atoms with van der Waals surface area (Å²) in [6.07, 6.45) is 5.88. The number of hydrogen-bond acceptors (Lipinski definition) is 4. The average Bonchev–Trinajstić information content (AvgIpc) is 2.92. The third-order valence-corrected chi connectivity index (χ3v) is 4.45. The SMILES string of the molecule is O=C1CCC(C(=O)N(CCc2nccs2)C2CC2)N1. The predicted octanol–water partition coefficient (Wildman–Crippen LogP) is 0.955. The van der Waals surface area contributed by atoms with E-state index in [9.17, 15) is 9.59 Å². The van der Waals surface area contributed by atoms with Crippen LogP contribution in [0.15, 0.2) is 11.6 Å². The van der Waals surface area contributed by atoms with E-state index in [2.05, 4.69) is 10.3 Å². The van der Waals surface area contributed by atoms with E-state index < -0.39 is 0 Å². The van der Waals surface area contributed by atoms with Crippen molar-refractivity contribution >= 4 is 23.2 Å². The first-order valence-electron chi connectivity index (χ1n) is 6.72. The summed E-state index contributed by atoms with van der Waals surface area (Å²) in [4.78, 5) is 29.8. The number of nitrogens with zero attached hydrogens (tertiary/aromatic N) is 2. The summed E-state index contributed by atoms with van der Waals surface area (Å²) in [5, 5.41) is 5.78. The lowest BCUT2D eigenvalue weighted by Gasteiger charge is -2.25. The van der Waals surface area contributed by atoms with Crippen molar-refractivity contribution in [3.63, 3.8) is 0 Å². The molecule has 3 rings (SSSR count). The maximum absolute atomic E-state index is 12.4. The Morgan fingerprint density at radius 2 is 2.32 bits per heavy atom. The van der Waals surface area contributed by atoms with Gasteiger partial charge in [-0.2, -0.15) is 0 Å². The summed E-state index contributed by atoms with van der Waals surface area (Å²) in [5.41, 5.74) is 0. The summed E-state index contributed by atoms with van der Waals surface area (Å²) in [5.74, 6) is 0.0823. The minimum absolute atomic E-state index is 0.00554. The van der Waals surface area contributed by atoms with Crippen LogP contribution < -0.4 is 5.32 Å². The second-order valence-corrected chi connectivity index (χ2v) is 6.08. The van der Waals surface area contributed by atoms with Crippen LogP contribution in [0.25, 0.3) is 0 Å². The van der Waals surface area contributed by atoms with Crippen LogP contribution >= 0.6 is 11.3 Å². The molecule has 6 heteroatoms. The molecular formula is C13H17N3O2S. The lowest BCUT2D eigenvalue weighted by Crippen LogP contribution is -2.46. The molecule has 0 spiro atoms. The van der Waals surface area contributed by atoms with Crippen molar-refractivity contribution in [1.82, 2.24) is 15.2 Å². The minimum atomic E-state index is -0.301. The van der Waals surface area contributed by atoms with E-state index in [1.54, 1.807) is 17.5 Å². The number of aromatic nitrogens is 1. The lowest BCUT2D eigenvalue weighted by atomic mass is 10.2. The average molecular weight is 279 g/mol. The normalized spacial score (nSPS) is 22.3. The third kappa shape index (κ3) is 2.94. The minimum Gasteiger partial charge on any atom is -0.344 e. The fraction of sp³-hybridized carbons (Fsp3) is 0.615. The summed E-state index contributed by atoms with van der Waals surface area (Å²) < 4.78 is 0. The second-order valence-electron chi connectivity index (χ2n) is 5.10. The van der Waals surface area contributed by atoms with Gasteiger partial charge in [-0.3, -0.25) is 9.59 Å². The van der Waals surface area contributed by atoms with E-state index >= 15 is 0 Å². The molecule has 0 bridgehead atoms. The van der Waals surface area contributed by atoms with Crippen LogP contribution in [-0.4, -0.2) is 40.3 Å². The first-order valence-corrected chi connectivity index (χ1v) is 7.60. The van der Waals surface area contributed by atoms with Crippen LogP contribution in [0.4, 0.5) is 0 Å². The predicted molar refractivity (Wildman–Crippen MR) is 71.7 cm³/mol. The molecule has 5 nitrogen and oxygen atoms in total. The van der Waals surface area contributed by atoms with E-state index in [0.29, 0.717) is 25.4 Å². The molecule has 1 unspecified atom stereocenters. The second kappa shape index (κ2) is 5.28. The Kier molecular flexibility index (Phi) is 3.50. The van der Waals surface area contributed by atoms with Crippen molar-refractivity contribution in [2.45, 2.75) is 44.2 Å². The fourth-order valence-corrected chi connectivity index (χ4v) is 3.06. The molecule has 1 aromatic rings. The van der Waals surface area contributed by atoms with Crippen molar-refractivity contribution in [1.29, 1.82) is 0 Å². The van der Waals surface area contributed by atoms with Gasteiger partial charge < -0.3 is 10.2 Å². The van der Waals surface area contributed by atoms with Crippen LogP contribution in [0.5, 0.6) is 0 Å². The number of rotatable bonds is 5. The Hall–Kier alpha value is -1.43. The number of carbonyl (C=O) groups excluding carboxylic acids is 2. The zero-order chi connectivity index (χ0) is 13.2. The van der Waals surface area contributed by atoms with Crippen molar-refractivity contribution in [3.8, 4) is 0 Å². The Labute approximate surface area is 116 Å². The zero-order valence-corrected chi connectivity index (χ0v) is 11.5. The van der Waals surface area contributed by atoms with E-state index in [1.807, 2.05) is 10.3 Å². The number of carbonyl (C=O) groups is 2. The summed E-state index contributed by atoms with van der Waals surface area (Å²) in [6, 6.07) is 0.0781. The first-order chi connectivity index (χ1) is 9.24. The molecular weight excluding hydrogens is 262 g/mol. The molecule has 0 aromatic carbocycles. The van der Waals surface area contributed by atoms with E-state index in [4.69, 9.17) is 0 Å². The molecule has 1 atom stereocenters. The maximum Gasteiger partial charge on any atom is 0.245 e. The fourth-order valence-electron chi connectivity index (χ4n) is 2.45. The van der Waals surface area contributed by atoms with Crippen molar-refractivity contribution in [2.24, 2.45) is 0 Å². The number of nitrogens with one attached hydrogen (secondary N) is 1. The van der Waals surface area contributed by atoms with Gasteiger partial charge in [-0.1, -0.05) is 0 Å². The molecule has 19 heavy (non-hydrogen) atoms. The van der Waals surface area contributed by atoms with E-state index in [1.165, 1.54) is 0 Å². The van der Waals surface area contributed by atoms with Gasteiger partial charge in [0.2, 0.25) is 11.8 Å². The highest BCUT2D eigenvalue weighted by Crippen LogP contribution is 2.28. The van der Waals surface area contributed by atoms with Gasteiger partial charge in [0.15, 0.2) is 0 Å². The van der Waals surface area contributed by atoms with Gasteiger partial charge >= 0.3 is 0 Å². The smallest absolute Gasteiger partial charge is 0.245 e. The summed E-state index contributed by atoms with van der Waals surface area (Å²) in [7, 11) is 0. The molecule has 1 aromatic heterocycles. The molecule has 2 fully saturated rings. The highest BCUT2D eigenvalue weighted by molar-refractivity contribution is 7.09. The van der Waals surface area contributed by atoms with Crippen molar-refractivity contribution in [2.75, 3.05) is 6.54 Å². The molecule has 1 saturated carbocycles. The topological polar surface area (TPSA) is 62.3 Å². The van der Waals surface area contributed by atoms with Gasteiger partial charge in [-0.15, -0.1) is 11.3 Å². The molecule has 1 saturated heterocycles. The molecule has 102 valence electrons. The molecule has 0 radical (unpaired) electrons. The molecule has 2 aliphatic rings. The maximum atomic E-state index is 12.4. The van der Waals surface area contributed by atoms with Gasteiger partial charge in [0.1, 0.15) is 6.04 Å². The quantitative estimate of drug-likeness (QED) is 0.873. The Morgan fingerprint density at radius 1 is 1.47 bits per heavy atom.